The number of allylic oxidation sites excluding steroid dienone is 1. The number of aliphatic hydroxyl groups is 1. The van der Waals surface area contributed by atoms with Gasteiger partial charge in [-0.1, -0.05) is 12.1 Å². The highest BCUT2D eigenvalue weighted by Gasteiger charge is 2.32. The van der Waals surface area contributed by atoms with Gasteiger partial charge in [-0.3, -0.25) is 5.43 Å². The lowest BCUT2D eigenvalue weighted by Gasteiger charge is -2.28. The molecule has 1 aliphatic heterocycles. The number of nitrogens with one attached hydrogen (secondary N) is 3. The van der Waals surface area contributed by atoms with Crippen molar-refractivity contribution in [2.24, 2.45) is 5.10 Å². The van der Waals surface area contributed by atoms with Crippen LogP contribution in [-0.2, 0) is 9.53 Å². The molecule has 2 aromatic carbocycles. The van der Waals surface area contributed by atoms with Crippen molar-refractivity contribution >= 4 is 40.8 Å². The summed E-state index contributed by atoms with van der Waals surface area (Å²) in [4.78, 5) is 24.6. The maximum absolute atomic E-state index is 12.4. The molecule has 4 rings (SSSR count). The number of carbonyl (C=O) groups excluding carboxylic acids is 2. The summed E-state index contributed by atoms with van der Waals surface area (Å²) >= 11 is 2.34. The Morgan fingerprint density at radius 3 is 2.60 bits per heavy atom. The van der Waals surface area contributed by atoms with Gasteiger partial charge in [0.1, 0.15) is 6.61 Å². The first kappa shape index (κ1) is 31.9. The van der Waals surface area contributed by atoms with Crippen LogP contribution in [0.1, 0.15) is 48.0 Å². The van der Waals surface area contributed by atoms with Crippen molar-refractivity contribution in [2.75, 3.05) is 20.3 Å². The quantitative estimate of drug-likeness (QED) is 0.0759. The molecule has 43 heavy (non-hydrogen) atoms. The standard InChI is InChI=1S/C31H36IN5O6/c1-7-42-26-13-21(29-28(30(39)41-6)19(4)34-31(40)35-29)9-11-25(26)43-16-27(38)36-33-15-22-12-18(3)37(20(22)5)23-10-8-17(2)24(32)14-23/h8-15,27,29,36,38H,7,16H2,1-6H3,(H2,34,35,40)/b33-15+/t27-,29-/m0/s1. The molecule has 0 fully saturated rings. The van der Waals surface area contributed by atoms with Crippen LogP contribution in [0.25, 0.3) is 5.69 Å². The molecule has 0 saturated heterocycles. The first-order valence-corrected chi connectivity index (χ1v) is 14.8. The first-order valence-electron chi connectivity index (χ1n) is 13.7. The zero-order valence-corrected chi connectivity index (χ0v) is 27.1. The summed E-state index contributed by atoms with van der Waals surface area (Å²) in [6.07, 6.45) is 0.566. The largest absolute Gasteiger partial charge is 0.490 e. The van der Waals surface area contributed by atoms with Gasteiger partial charge in [0.25, 0.3) is 0 Å². The van der Waals surface area contributed by atoms with Gasteiger partial charge in [-0.05, 0) is 98.7 Å². The van der Waals surface area contributed by atoms with Gasteiger partial charge in [0, 0.05) is 31.9 Å². The summed E-state index contributed by atoms with van der Waals surface area (Å²) in [6.45, 7) is 9.85. The molecule has 0 bridgehead atoms. The topological polar surface area (TPSA) is 135 Å². The third-order valence-electron chi connectivity index (χ3n) is 6.98. The molecular formula is C31H36IN5O6. The molecule has 11 nitrogen and oxygen atoms in total. The number of carbonyl (C=O) groups is 2. The molecule has 2 heterocycles. The summed E-state index contributed by atoms with van der Waals surface area (Å²) in [5.74, 6) is 0.214. The Bertz CT molecular complexity index is 1580. The average Bonchev–Trinajstić information content (AvgIpc) is 3.25. The van der Waals surface area contributed by atoms with Crippen molar-refractivity contribution in [2.45, 2.75) is 46.9 Å². The lowest BCUT2D eigenvalue weighted by Crippen LogP contribution is -2.45. The number of rotatable bonds is 11. The Labute approximate surface area is 264 Å². The summed E-state index contributed by atoms with van der Waals surface area (Å²) < 4.78 is 19.9. The van der Waals surface area contributed by atoms with Crippen LogP contribution >= 0.6 is 22.6 Å². The average molecular weight is 702 g/mol. The molecule has 3 aromatic rings. The highest BCUT2D eigenvalue weighted by atomic mass is 127. The van der Waals surface area contributed by atoms with Crippen LogP contribution < -0.4 is 25.5 Å². The van der Waals surface area contributed by atoms with Crippen LogP contribution in [0, 0.1) is 24.3 Å². The third kappa shape index (κ3) is 7.31. The van der Waals surface area contributed by atoms with E-state index in [9.17, 15) is 14.7 Å². The Hall–Kier alpha value is -4.04. The normalized spacial score (nSPS) is 15.6. The minimum Gasteiger partial charge on any atom is -0.490 e. The molecule has 2 amide bonds. The summed E-state index contributed by atoms with van der Waals surface area (Å²) in [5.41, 5.74) is 9.32. The summed E-state index contributed by atoms with van der Waals surface area (Å²) in [5, 5.41) is 20.1. The van der Waals surface area contributed by atoms with Gasteiger partial charge >= 0.3 is 12.0 Å². The highest BCUT2D eigenvalue weighted by molar-refractivity contribution is 14.1. The number of benzene rings is 2. The predicted molar refractivity (Wildman–Crippen MR) is 172 cm³/mol. The molecule has 0 spiro atoms. The third-order valence-corrected chi connectivity index (χ3v) is 8.15. The van der Waals surface area contributed by atoms with E-state index in [1.807, 2.05) is 26.8 Å². The van der Waals surface area contributed by atoms with Crippen molar-refractivity contribution in [3.63, 3.8) is 0 Å². The van der Waals surface area contributed by atoms with E-state index < -0.39 is 24.3 Å². The number of esters is 1. The second-order valence-corrected chi connectivity index (χ2v) is 11.2. The van der Waals surface area contributed by atoms with E-state index in [0.717, 1.165) is 22.6 Å². The number of aryl methyl sites for hydroxylation is 2. The SMILES string of the molecule is CCOc1cc([C@@H]2NC(=O)NC(C)=C2C(=O)OC)ccc1OC[C@H](O)N/N=C/c1cc(C)n(-c2ccc(C)c(I)c2)c1C. The second-order valence-electron chi connectivity index (χ2n) is 10.0. The highest BCUT2D eigenvalue weighted by Crippen LogP contribution is 2.35. The van der Waals surface area contributed by atoms with Gasteiger partial charge < -0.3 is 34.5 Å². The van der Waals surface area contributed by atoms with Gasteiger partial charge in [-0.2, -0.15) is 5.10 Å². The Morgan fingerprint density at radius 2 is 1.91 bits per heavy atom. The van der Waals surface area contributed by atoms with Crippen molar-refractivity contribution < 1.29 is 28.9 Å². The number of hydrogen-bond donors (Lipinski definition) is 4. The van der Waals surface area contributed by atoms with E-state index in [4.69, 9.17) is 14.2 Å². The number of methoxy groups -OCH3 is 1. The minimum absolute atomic E-state index is 0.117. The molecule has 0 saturated carbocycles. The molecule has 0 unspecified atom stereocenters. The molecule has 1 aromatic heterocycles. The Balaban J connectivity index is 1.43. The van der Waals surface area contributed by atoms with E-state index in [2.05, 4.69) is 73.4 Å². The second kappa shape index (κ2) is 14.0. The summed E-state index contributed by atoms with van der Waals surface area (Å²) in [7, 11) is 1.28. The predicted octanol–water partition coefficient (Wildman–Crippen LogP) is 4.53. The Kier molecular flexibility index (Phi) is 10.3. The molecular weight excluding hydrogens is 665 g/mol. The molecule has 4 N–H and O–H groups in total. The van der Waals surface area contributed by atoms with Gasteiger partial charge in [0.05, 0.1) is 31.5 Å². The zero-order chi connectivity index (χ0) is 31.3. The number of halogens is 1. The van der Waals surface area contributed by atoms with Crippen molar-refractivity contribution in [3.8, 4) is 17.2 Å². The van der Waals surface area contributed by atoms with Crippen molar-refractivity contribution in [1.29, 1.82) is 0 Å². The van der Waals surface area contributed by atoms with Crippen molar-refractivity contribution in [3.05, 3.63) is 85.4 Å². The first-order chi connectivity index (χ1) is 20.5. The van der Waals surface area contributed by atoms with Crippen molar-refractivity contribution in [1.82, 2.24) is 20.6 Å². The number of hydrazone groups is 1. The number of aromatic nitrogens is 1. The monoisotopic (exact) mass is 701 g/mol. The van der Waals surface area contributed by atoms with Crippen LogP contribution in [0.3, 0.4) is 0 Å². The number of amides is 2. The maximum atomic E-state index is 12.4. The van der Waals surface area contributed by atoms with Crippen LogP contribution in [0.15, 0.2) is 58.8 Å². The van der Waals surface area contributed by atoms with Gasteiger partial charge in [0.15, 0.2) is 17.7 Å². The van der Waals surface area contributed by atoms with E-state index in [1.165, 1.54) is 16.2 Å². The molecule has 228 valence electrons. The van der Waals surface area contributed by atoms with E-state index in [1.54, 1.807) is 31.3 Å². The van der Waals surface area contributed by atoms with Gasteiger partial charge in [-0.25, -0.2) is 9.59 Å². The van der Waals surface area contributed by atoms with Crippen LogP contribution in [0.5, 0.6) is 11.5 Å². The van der Waals surface area contributed by atoms with Gasteiger partial charge in [-0.15, -0.1) is 0 Å². The number of ether oxygens (including phenoxy) is 3. The van der Waals surface area contributed by atoms with E-state index in [0.29, 0.717) is 29.4 Å². The number of urea groups is 1. The lowest BCUT2D eigenvalue weighted by molar-refractivity contribution is -0.136. The van der Waals surface area contributed by atoms with Gasteiger partial charge in [0.2, 0.25) is 0 Å². The molecule has 12 heteroatoms. The molecule has 0 aliphatic carbocycles. The maximum Gasteiger partial charge on any atom is 0.337 e. The molecule has 1 aliphatic rings. The fraction of sp³-hybridized carbons (Fsp3) is 0.323. The zero-order valence-electron chi connectivity index (χ0n) is 24.9. The van der Waals surface area contributed by atoms with Crippen LogP contribution in [0.4, 0.5) is 4.79 Å². The van der Waals surface area contributed by atoms with E-state index >= 15 is 0 Å². The minimum atomic E-state index is -1.10. The fourth-order valence-electron chi connectivity index (χ4n) is 4.85. The number of nitrogens with zero attached hydrogens (tertiary/aromatic N) is 2. The summed E-state index contributed by atoms with van der Waals surface area (Å²) in [6, 6.07) is 12.3. The number of hydrogen-bond acceptors (Lipinski definition) is 8. The van der Waals surface area contributed by atoms with Crippen LogP contribution in [-0.4, -0.2) is 54.4 Å². The smallest absolute Gasteiger partial charge is 0.337 e. The Morgan fingerprint density at radius 1 is 1.14 bits per heavy atom. The lowest BCUT2D eigenvalue weighted by atomic mass is 9.95. The molecule has 0 radical (unpaired) electrons. The number of aliphatic hydroxyl groups excluding tert-OH is 1. The molecule has 2 atom stereocenters. The van der Waals surface area contributed by atoms with E-state index in [-0.39, 0.29) is 12.2 Å². The van der Waals surface area contributed by atoms with Crippen LogP contribution in [0.2, 0.25) is 0 Å². The fourth-order valence-corrected chi connectivity index (χ4v) is 5.35.